The molecule has 3 aromatic rings. The number of hydrogen-bond donors (Lipinski definition) is 3. The number of allylic oxidation sites excluding steroid dienone is 1. The number of phenolic OH excluding ortho intramolecular Hbond substituents is 1. The Kier molecular flexibility index (Phi) is 4.24. The molecule has 29 heavy (non-hydrogen) atoms. The van der Waals surface area contributed by atoms with Crippen LogP contribution in [0.4, 0.5) is 11.6 Å². The fourth-order valence-electron chi connectivity index (χ4n) is 3.96. The molecule has 9 heteroatoms. The van der Waals surface area contributed by atoms with Crippen LogP contribution in [0.1, 0.15) is 35.2 Å². The molecule has 3 N–H and O–H groups in total. The minimum Gasteiger partial charge on any atom is -0.504 e. The molecule has 0 bridgehead atoms. The van der Waals surface area contributed by atoms with Crippen molar-refractivity contribution in [3.63, 3.8) is 0 Å². The van der Waals surface area contributed by atoms with Gasteiger partial charge in [0, 0.05) is 28.5 Å². The largest absolute Gasteiger partial charge is 0.504 e. The van der Waals surface area contributed by atoms with Crippen LogP contribution >= 0.6 is 11.3 Å². The van der Waals surface area contributed by atoms with Crippen LogP contribution in [0.2, 0.25) is 0 Å². The summed E-state index contributed by atoms with van der Waals surface area (Å²) in [6.45, 7) is 0. The van der Waals surface area contributed by atoms with Crippen LogP contribution in [-0.2, 0) is 4.79 Å². The van der Waals surface area contributed by atoms with Gasteiger partial charge in [0.1, 0.15) is 0 Å². The van der Waals surface area contributed by atoms with Crippen LogP contribution in [0.15, 0.2) is 51.6 Å². The zero-order chi connectivity index (χ0) is 20.0. The van der Waals surface area contributed by atoms with E-state index in [1.54, 1.807) is 23.5 Å². The van der Waals surface area contributed by atoms with E-state index in [9.17, 15) is 9.90 Å². The molecule has 2 atom stereocenters. The van der Waals surface area contributed by atoms with Gasteiger partial charge >= 0.3 is 0 Å². The van der Waals surface area contributed by atoms with Gasteiger partial charge in [-0.05, 0) is 45.9 Å². The number of nitrogens with zero attached hydrogens (tertiary/aromatic N) is 2. The van der Waals surface area contributed by atoms with E-state index in [1.807, 2.05) is 17.5 Å². The molecule has 0 spiro atoms. The number of fused-ring (bicyclic) bond motifs is 1. The van der Waals surface area contributed by atoms with Crippen LogP contribution in [0.25, 0.3) is 0 Å². The molecule has 0 radical (unpaired) electrons. The van der Waals surface area contributed by atoms with Crippen molar-refractivity contribution in [3.8, 4) is 11.5 Å². The Bertz CT molecular complexity index is 1110. The lowest BCUT2D eigenvalue weighted by Gasteiger charge is -2.29. The van der Waals surface area contributed by atoms with E-state index in [1.165, 1.54) is 12.0 Å². The summed E-state index contributed by atoms with van der Waals surface area (Å²) in [6.07, 6.45) is 1.10. The lowest BCUT2D eigenvalue weighted by Crippen LogP contribution is -2.26. The molecule has 1 aliphatic carbocycles. The van der Waals surface area contributed by atoms with Crippen molar-refractivity contribution in [3.05, 3.63) is 57.4 Å². The number of methoxy groups -OCH3 is 1. The molecule has 0 amide bonds. The number of carbonyl (C=O) groups is 1. The van der Waals surface area contributed by atoms with Gasteiger partial charge in [-0.15, -0.1) is 11.3 Å². The molecule has 5 rings (SSSR count). The van der Waals surface area contributed by atoms with E-state index in [0.29, 0.717) is 35.8 Å². The fourth-order valence-corrected chi connectivity index (χ4v) is 4.79. The van der Waals surface area contributed by atoms with Crippen molar-refractivity contribution in [2.45, 2.75) is 24.8 Å². The van der Waals surface area contributed by atoms with Gasteiger partial charge in [-0.3, -0.25) is 4.79 Å². The van der Waals surface area contributed by atoms with Crippen molar-refractivity contribution >= 4 is 28.8 Å². The van der Waals surface area contributed by atoms with Crippen LogP contribution < -0.4 is 15.4 Å². The van der Waals surface area contributed by atoms with E-state index >= 15 is 0 Å². The molecule has 2 aliphatic rings. The first kappa shape index (κ1) is 17.7. The number of aromatic nitrogens is 2. The highest BCUT2D eigenvalue weighted by Gasteiger charge is 2.37. The zero-order valence-corrected chi connectivity index (χ0v) is 16.3. The number of Topliss-reactive ketones (excluding diaryl/α,β-unsaturated/α-hetero) is 1. The molecule has 3 heterocycles. The van der Waals surface area contributed by atoms with Gasteiger partial charge in [0.2, 0.25) is 11.6 Å². The second-order valence-electron chi connectivity index (χ2n) is 7.03. The normalized spacial score (nSPS) is 20.9. The van der Waals surface area contributed by atoms with Crippen molar-refractivity contribution in [2.24, 2.45) is 0 Å². The van der Waals surface area contributed by atoms with Gasteiger partial charge in [0.05, 0.1) is 13.2 Å². The number of benzene rings is 1. The minimum absolute atomic E-state index is 0.00405. The highest BCUT2D eigenvalue weighted by molar-refractivity contribution is 7.10. The zero-order valence-electron chi connectivity index (χ0n) is 15.5. The first-order valence-electron chi connectivity index (χ1n) is 9.16. The van der Waals surface area contributed by atoms with Crippen LogP contribution in [-0.4, -0.2) is 28.3 Å². The van der Waals surface area contributed by atoms with Crippen LogP contribution in [0.3, 0.4) is 0 Å². The highest BCUT2D eigenvalue weighted by Crippen LogP contribution is 2.45. The van der Waals surface area contributed by atoms with Crippen molar-refractivity contribution < 1.29 is 19.3 Å². The number of ketones is 1. The summed E-state index contributed by atoms with van der Waals surface area (Å²) in [5.41, 5.74) is 2.14. The van der Waals surface area contributed by atoms with Crippen molar-refractivity contribution in [1.29, 1.82) is 0 Å². The van der Waals surface area contributed by atoms with Gasteiger partial charge in [-0.2, -0.15) is 0 Å². The van der Waals surface area contributed by atoms with Crippen LogP contribution in [0.5, 0.6) is 11.5 Å². The number of carbonyl (C=O) groups excluding carboxylic acids is 1. The third-order valence-electron chi connectivity index (χ3n) is 5.32. The standard InChI is InChI=1S/C20H18N4O4S/c1-27-15-5-4-10(8-13(15)25)18-17-12(21-19-20(22-18)24-28-23-19)7-11(9-14(17)26)16-3-2-6-29-16/h2-6,8,11,18,25H,7,9H2,1H3,(H,21,23)(H,22,24)/t11-,18-/m1/s1. The molecule has 0 fully saturated rings. The van der Waals surface area contributed by atoms with Gasteiger partial charge in [0.15, 0.2) is 17.3 Å². The summed E-state index contributed by atoms with van der Waals surface area (Å²) in [5.74, 6) is 1.39. The summed E-state index contributed by atoms with van der Waals surface area (Å²) >= 11 is 1.65. The van der Waals surface area contributed by atoms with Gasteiger partial charge in [0.25, 0.3) is 0 Å². The molecule has 2 aromatic heterocycles. The lowest BCUT2D eigenvalue weighted by molar-refractivity contribution is -0.116. The summed E-state index contributed by atoms with van der Waals surface area (Å²) in [6, 6.07) is 8.65. The van der Waals surface area contributed by atoms with Gasteiger partial charge < -0.3 is 20.5 Å². The number of phenols is 1. The van der Waals surface area contributed by atoms with Gasteiger partial charge in [-0.1, -0.05) is 12.1 Å². The Morgan fingerprint density at radius 1 is 1.24 bits per heavy atom. The summed E-state index contributed by atoms with van der Waals surface area (Å²) < 4.78 is 10.0. The number of anilines is 2. The van der Waals surface area contributed by atoms with E-state index in [-0.39, 0.29) is 17.5 Å². The maximum atomic E-state index is 13.3. The maximum absolute atomic E-state index is 13.3. The van der Waals surface area contributed by atoms with Crippen LogP contribution in [0, 0.1) is 0 Å². The van der Waals surface area contributed by atoms with E-state index in [0.717, 1.165) is 11.3 Å². The topological polar surface area (TPSA) is 110 Å². The number of nitrogens with one attached hydrogen (secondary N) is 2. The predicted octanol–water partition coefficient (Wildman–Crippen LogP) is 3.82. The Labute approximate surface area is 170 Å². The summed E-state index contributed by atoms with van der Waals surface area (Å²) in [5, 5.41) is 26.6. The predicted molar refractivity (Wildman–Crippen MR) is 107 cm³/mol. The average molecular weight is 410 g/mol. The first-order valence-corrected chi connectivity index (χ1v) is 10.0. The molecule has 148 valence electrons. The molecule has 1 aromatic carbocycles. The van der Waals surface area contributed by atoms with E-state index < -0.39 is 6.04 Å². The molecule has 0 saturated carbocycles. The Morgan fingerprint density at radius 3 is 2.86 bits per heavy atom. The van der Waals surface area contributed by atoms with Crippen molar-refractivity contribution in [1.82, 2.24) is 10.3 Å². The van der Waals surface area contributed by atoms with Crippen molar-refractivity contribution in [2.75, 3.05) is 17.7 Å². The molecule has 0 saturated heterocycles. The first-order chi connectivity index (χ1) is 14.1. The monoisotopic (exact) mass is 410 g/mol. The third kappa shape index (κ3) is 3.03. The highest BCUT2D eigenvalue weighted by atomic mass is 32.1. The van der Waals surface area contributed by atoms with Gasteiger partial charge in [-0.25, -0.2) is 4.63 Å². The molecular formula is C20H18N4O4S. The number of rotatable bonds is 3. The number of hydrogen-bond acceptors (Lipinski definition) is 9. The second-order valence-corrected chi connectivity index (χ2v) is 8.01. The number of aromatic hydroxyl groups is 1. The molecule has 8 nitrogen and oxygen atoms in total. The second kappa shape index (κ2) is 6.93. The lowest BCUT2D eigenvalue weighted by atomic mass is 9.81. The Morgan fingerprint density at radius 2 is 2.10 bits per heavy atom. The fraction of sp³-hybridized carbons (Fsp3) is 0.250. The quantitative estimate of drug-likeness (QED) is 0.598. The smallest absolute Gasteiger partial charge is 0.219 e. The Hall–Kier alpha value is -3.33. The number of ether oxygens (including phenoxy) is 1. The third-order valence-corrected chi connectivity index (χ3v) is 6.35. The summed E-state index contributed by atoms with van der Waals surface area (Å²) in [4.78, 5) is 14.4. The molecular weight excluding hydrogens is 392 g/mol. The minimum atomic E-state index is -0.501. The maximum Gasteiger partial charge on any atom is 0.219 e. The van der Waals surface area contributed by atoms with E-state index in [4.69, 9.17) is 9.37 Å². The summed E-state index contributed by atoms with van der Waals surface area (Å²) in [7, 11) is 1.49. The SMILES string of the molecule is COc1ccc([C@H]2Nc3nonc3NC3=C2C(=O)C[C@H](c2cccs2)C3)cc1O. The average Bonchev–Trinajstić information content (AvgIpc) is 3.37. The number of thiophene rings is 1. The Balaban J connectivity index is 1.61. The molecule has 0 unspecified atom stereocenters. The van der Waals surface area contributed by atoms with E-state index in [2.05, 4.69) is 27.0 Å². The molecule has 1 aliphatic heterocycles.